The highest BCUT2D eigenvalue weighted by molar-refractivity contribution is 6.10. The molecule has 0 saturated carbocycles. The number of nitrogens with zero attached hydrogens (tertiary/aromatic N) is 3. The summed E-state index contributed by atoms with van der Waals surface area (Å²) in [7, 11) is 0. The predicted molar refractivity (Wildman–Crippen MR) is 106 cm³/mol. The highest BCUT2D eigenvalue weighted by atomic mass is 16.6. The maximum atomic E-state index is 13.5. The number of aliphatic imine (C=N–C) groups is 1. The van der Waals surface area contributed by atoms with Gasteiger partial charge in [0.25, 0.3) is 5.69 Å². The molecule has 1 unspecified atom stereocenters. The molecule has 1 amide bonds. The minimum atomic E-state index is -0.643. The second kappa shape index (κ2) is 7.87. The van der Waals surface area contributed by atoms with E-state index in [2.05, 4.69) is 4.99 Å². The largest absolute Gasteiger partial charge is 0.378 e. The predicted octanol–water partition coefficient (Wildman–Crippen LogP) is 2.64. The lowest BCUT2D eigenvalue weighted by molar-refractivity contribution is -0.384. The van der Waals surface area contributed by atoms with Crippen molar-refractivity contribution in [2.24, 2.45) is 10.9 Å². The quantitative estimate of drug-likeness (QED) is 0.576. The summed E-state index contributed by atoms with van der Waals surface area (Å²) in [5.41, 5.74) is 2.50. The molecule has 0 N–H and O–H groups in total. The minimum Gasteiger partial charge on any atom is -0.378 e. The van der Waals surface area contributed by atoms with Crippen LogP contribution in [0.5, 0.6) is 0 Å². The molecule has 1 aromatic carbocycles. The van der Waals surface area contributed by atoms with Crippen LogP contribution >= 0.6 is 0 Å². The van der Waals surface area contributed by atoms with E-state index >= 15 is 0 Å². The highest BCUT2D eigenvalue weighted by Gasteiger charge is 2.44. The summed E-state index contributed by atoms with van der Waals surface area (Å²) in [6, 6.07) is 6.28. The van der Waals surface area contributed by atoms with E-state index in [1.807, 2.05) is 6.92 Å². The van der Waals surface area contributed by atoms with Gasteiger partial charge in [-0.3, -0.25) is 24.7 Å². The molecule has 1 fully saturated rings. The number of ketones is 1. The number of nitro groups is 1. The van der Waals surface area contributed by atoms with Gasteiger partial charge in [0.1, 0.15) is 0 Å². The van der Waals surface area contributed by atoms with Crippen LogP contribution in [0.4, 0.5) is 5.69 Å². The van der Waals surface area contributed by atoms with Crippen LogP contribution in [0, 0.1) is 16.0 Å². The number of hydrogen-bond donors (Lipinski definition) is 0. The van der Waals surface area contributed by atoms with Gasteiger partial charge in [-0.05, 0) is 25.3 Å². The van der Waals surface area contributed by atoms with Crippen LogP contribution in [0.1, 0.15) is 37.7 Å². The molecule has 2 aliphatic heterocycles. The van der Waals surface area contributed by atoms with Crippen molar-refractivity contribution in [2.45, 2.75) is 32.1 Å². The van der Waals surface area contributed by atoms with Crippen molar-refractivity contribution in [3.63, 3.8) is 0 Å². The Hall–Kier alpha value is -2.87. The molecular formula is C21H23N3O5. The summed E-state index contributed by atoms with van der Waals surface area (Å²) in [5.74, 6) is -1.31. The van der Waals surface area contributed by atoms with Crippen molar-refractivity contribution >= 4 is 23.1 Å². The first kappa shape index (κ1) is 19.4. The van der Waals surface area contributed by atoms with E-state index in [1.165, 1.54) is 12.1 Å². The molecule has 1 aromatic rings. The van der Waals surface area contributed by atoms with Gasteiger partial charge in [0, 0.05) is 54.5 Å². The molecule has 8 nitrogen and oxygen atoms in total. The molecule has 152 valence electrons. The van der Waals surface area contributed by atoms with Gasteiger partial charge in [-0.1, -0.05) is 12.1 Å². The topological polar surface area (TPSA) is 102 Å². The molecule has 0 bridgehead atoms. The maximum absolute atomic E-state index is 13.5. The van der Waals surface area contributed by atoms with Gasteiger partial charge >= 0.3 is 0 Å². The number of nitro benzene ring substituents is 1. The van der Waals surface area contributed by atoms with Crippen LogP contribution in [0.2, 0.25) is 0 Å². The zero-order valence-electron chi connectivity index (χ0n) is 16.3. The van der Waals surface area contributed by atoms with Gasteiger partial charge in [0.2, 0.25) is 5.91 Å². The van der Waals surface area contributed by atoms with Crippen LogP contribution in [0.3, 0.4) is 0 Å². The normalized spacial score (nSPS) is 24.8. The molecule has 3 aliphatic rings. The zero-order valence-corrected chi connectivity index (χ0v) is 16.3. The van der Waals surface area contributed by atoms with Gasteiger partial charge in [0.15, 0.2) is 5.78 Å². The van der Waals surface area contributed by atoms with Crippen molar-refractivity contribution in [3.05, 3.63) is 51.2 Å². The first-order valence-corrected chi connectivity index (χ1v) is 9.89. The average Bonchev–Trinajstić information content (AvgIpc) is 2.73. The molecule has 2 heterocycles. The molecule has 0 radical (unpaired) electrons. The van der Waals surface area contributed by atoms with Crippen LogP contribution in [0.25, 0.3) is 0 Å². The number of carbonyl (C=O) groups is 2. The van der Waals surface area contributed by atoms with E-state index in [4.69, 9.17) is 4.74 Å². The van der Waals surface area contributed by atoms with E-state index in [1.54, 1.807) is 17.0 Å². The van der Waals surface area contributed by atoms with Crippen LogP contribution < -0.4 is 0 Å². The number of ether oxygens (including phenoxy) is 1. The number of allylic oxidation sites excluding steroid dienone is 2. The molecular weight excluding hydrogens is 374 g/mol. The number of carbonyl (C=O) groups excluding carboxylic acids is 2. The van der Waals surface area contributed by atoms with Crippen LogP contribution in [-0.2, 0) is 14.3 Å². The lowest BCUT2D eigenvalue weighted by atomic mass is 9.71. The number of hydrogen-bond acceptors (Lipinski definition) is 6. The monoisotopic (exact) mass is 397 g/mol. The van der Waals surface area contributed by atoms with Crippen molar-refractivity contribution in [1.82, 2.24) is 4.90 Å². The Morgan fingerprint density at radius 2 is 2.03 bits per heavy atom. The number of benzene rings is 1. The Labute approximate surface area is 168 Å². The van der Waals surface area contributed by atoms with E-state index in [0.717, 1.165) is 12.1 Å². The minimum absolute atomic E-state index is 0.0150. The molecule has 4 rings (SSSR count). The van der Waals surface area contributed by atoms with Crippen molar-refractivity contribution in [3.8, 4) is 0 Å². The second-order valence-corrected chi connectivity index (χ2v) is 7.64. The Morgan fingerprint density at radius 1 is 1.28 bits per heavy atom. The van der Waals surface area contributed by atoms with Gasteiger partial charge in [-0.25, -0.2) is 0 Å². The third-order valence-corrected chi connectivity index (χ3v) is 5.86. The Bertz CT molecular complexity index is 930. The van der Waals surface area contributed by atoms with Gasteiger partial charge in [-0.2, -0.15) is 0 Å². The summed E-state index contributed by atoms with van der Waals surface area (Å²) in [5, 5.41) is 11.3. The first-order chi connectivity index (χ1) is 14.0. The second-order valence-electron chi connectivity index (χ2n) is 7.64. The molecule has 29 heavy (non-hydrogen) atoms. The number of morpholine rings is 1. The summed E-state index contributed by atoms with van der Waals surface area (Å²) < 4.78 is 5.36. The standard InChI is InChI=1S/C21H23N3O5/c1-13-18(21(26)23-8-10-29-11-9-23)19(14-4-2-5-15(12-14)24(27)28)20-16(22-13)6-3-7-17(20)25/h2,4-5,12,18-19H,3,6-11H2,1H3/t18?,19-/m0/s1. The fourth-order valence-corrected chi connectivity index (χ4v) is 4.50. The van der Waals surface area contributed by atoms with Gasteiger partial charge < -0.3 is 9.64 Å². The number of Topliss-reactive ketones (excluding diaryl/α,β-unsaturated/α-hetero) is 1. The summed E-state index contributed by atoms with van der Waals surface area (Å²) >= 11 is 0. The first-order valence-electron chi connectivity index (χ1n) is 9.89. The highest BCUT2D eigenvalue weighted by Crippen LogP contribution is 2.44. The molecule has 2 atom stereocenters. The third-order valence-electron chi connectivity index (χ3n) is 5.86. The molecule has 0 aromatic heterocycles. The summed E-state index contributed by atoms with van der Waals surface area (Å²) in [6.07, 6.45) is 1.83. The number of non-ortho nitro benzene ring substituents is 1. The maximum Gasteiger partial charge on any atom is 0.269 e. The fourth-order valence-electron chi connectivity index (χ4n) is 4.50. The Kier molecular flexibility index (Phi) is 5.27. The van der Waals surface area contributed by atoms with Crippen LogP contribution in [-0.4, -0.2) is 53.5 Å². The van der Waals surface area contributed by atoms with Crippen molar-refractivity contribution < 1.29 is 19.2 Å². The molecule has 1 aliphatic carbocycles. The smallest absolute Gasteiger partial charge is 0.269 e. The third kappa shape index (κ3) is 3.60. The lowest BCUT2D eigenvalue weighted by Gasteiger charge is -2.38. The summed E-state index contributed by atoms with van der Waals surface area (Å²) in [4.78, 5) is 43.6. The Balaban J connectivity index is 1.82. The van der Waals surface area contributed by atoms with Crippen molar-refractivity contribution in [1.29, 1.82) is 0 Å². The van der Waals surface area contributed by atoms with E-state index in [0.29, 0.717) is 56.0 Å². The van der Waals surface area contributed by atoms with Crippen molar-refractivity contribution in [2.75, 3.05) is 26.3 Å². The lowest BCUT2D eigenvalue weighted by Crippen LogP contribution is -2.48. The zero-order chi connectivity index (χ0) is 20.5. The number of amides is 1. The van der Waals surface area contributed by atoms with E-state index in [-0.39, 0.29) is 17.4 Å². The number of rotatable bonds is 3. The van der Waals surface area contributed by atoms with E-state index in [9.17, 15) is 19.7 Å². The average molecular weight is 397 g/mol. The fraction of sp³-hybridized carbons (Fsp3) is 0.476. The summed E-state index contributed by atoms with van der Waals surface area (Å²) in [6.45, 7) is 3.75. The molecule has 8 heteroatoms. The van der Waals surface area contributed by atoms with Gasteiger partial charge in [0.05, 0.1) is 24.1 Å². The SMILES string of the molecule is CC1=NC2=C(C(=O)CCC2)[C@@H](c2cccc([N+](=O)[O-])c2)C1C(=O)N1CCOCC1. The van der Waals surface area contributed by atoms with Gasteiger partial charge in [-0.15, -0.1) is 0 Å². The molecule has 0 spiro atoms. The van der Waals surface area contributed by atoms with Crippen LogP contribution in [0.15, 0.2) is 40.5 Å². The Morgan fingerprint density at radius 3 is 2.76 bits per heavy atom. The molecule has 1 saturated heterocycles. The van der Waals surface area contributed by atoms with E-state index < -0.39 is 16.8 Å².